The van der Waals surface area contributed by atoms with Crippen molar-refractivity contribution in [1.29, 1.82) is 0 Å². The zero-order valence-electron chi connectivity index (χ0n) is 82.6. The second kappa shape index (κ2) is 45.4. The van der Waals surface area contributed by atoms with Crippen molar-refractivity contribution in [2.45, 2.75) is 207 Å². The summed E-state index contributed by atoms with van der Waals surface area (Å²) in [5, 5.41) is 17.0. The largest absolute Gasteiger partial charge is 0.493 e. The van der Waals surface area contributed by atoms with E-state index in [1.165, 1.54) is 40.7 Å². The van der Waals surface area contributed by atoms with E-state index >= 15 is 0 Å². The number of unbranched alkanes of at least 4 members (excludes halogenated alkanes) is 2. The lowest BCUT2D eigenvalue weighted by atomic mass is 9.98. The third-order valence-corrected chi connectivity index (χ3v) is 27.2. The number of aliphatic carboxylic acids is 1. The average Bonchev–Trinajstić information content (AvgIpc) is 1.63. The van der Waals surface area contributed by atoms with Crippen molar-refractivity contribution < 1.29 is 101 Å². The van der Waals surface area contributed by atoms with Gasteiger partial charge in [0.2, 0.25) is 17.7 Å². The predicted octanol–water partition coefficient (Wildman–Crippen LogP) is 17.0. The van der Waals surface area contributed by atoms with E-state index in [-0.39, 0.29) is 148 Å². The number of nitrogens with one attached hydrogen (secondary N) is 3. The number of ketones is 2. The third kappa shape index (κ3) is 23.5. The van der Waals surface area contributed by atoms with Gasteiger partial charge in [0, 0.05) is 146 Å². The quantitative estimate of drug-likeness (QED) is 0.0140. The van der Waals surface area contributed by atoms with Gasteiger partial charge in [0.15, 0.2) is 34.6 Å². The number of rotatable bonds is 35. The predicted molar refractivity (Wildman–Crippen MR) is 549 cm³/mol. The monoisotopic (exact) mass is 1960 g/mol. The number of carbonyl (C=O) groups excluding carboxylic acids is 11. The Hall–Kier alpha value is -16.2. The first kappa shape index (κ1) is 102. The van der Waals surface area contributed by atoms with Gasteiger partial charge < -0.3 is 69.6 Å². The molecule has 0 bridgehead atoms. The summed E-state index contributed by atoms with van der Waals surface area (Å²) >= 11 is 0. The topological polar surface area (TPSA) is 411 Å². The van der Waals surface area contributed by atoms with Crippen LogP contribution in [0.2, 0.25) is 0 Å². The smallest absolute Gasteiger partial charge is 0.306 e. The number of nitrogens with two attached hydrogens (primary N) is 1. The molecule has 8 atom stereocenters. The van der Waals surface area contributed by atoms with Crippen molar-refractivity contribution in [3.8, 4) is 34.5 Å². The summed E-state index contributed by atoms with van der Waals surface area (Å²) in [6, 6.07) is 55.6. The van der Waals surface area contributed by atoms with E-state index in [2.05, 4.69) is 37.6 Å². The fourth-order valence-electron chi connectivity index (χ4n) is 19.4. The maximum atomic E-state index is 14.1. The minimum Gasteiger partial charge on any atom is -0.493 e. The third-order valence-electron chi connectivity index (χ3n) is 27.2. The number of ether oxygens (including phenoxy) is 8. The molecule has 8 aliphatic heterocycles. The molecule has 0 fully saturated rings. The second-order valence-corrected chi connectivity index (χ2v) is 37.6. The molecule has 0 aromatic heterocycles. The van der Waals surface area contributed by atoms with Crippen molar-refractivity contribution >= 4 is 141 Å². The summed E-state index contributed by atoms with van der Waals surface area (Å²) in [6.07, 6.45) is 12.6. The number of amides is 7. The molecule has 18 rings (SSSR count). The molecule has 10 aromatic carbocycles. The number of Topliss-reactive ketones (excluding diaryl/α,β-unsaturated/α-hetero) is 2. The number of esters is 2. The van der Waals surface area contributed by atoms with Crippen molar-refractivity contribution in [2.75, 3.05) is 59.1 Å². The Labute approximate surface area is 840 Å². The summed E-state index contributed by atoms with van der Waals surface area (Å²) in [7, 11) is 5.68. The molecule has 145 heavy (non-hydrogen) atoms. The van der Waals surface area contributed by atoms with E-state index in [0.29, 0.717) is 128 Å². The highest BCUT2D eigenvalue weighted by Crippen LogP contribution is 2.47. The van der Waals surface area contributed by atoms with Gasteiger partial charge in [0.1, 0.15) is 37.9 Å². The van der Waals surface area contributed by atoms with E-state index in [0.717, 1.165) is 99.4 Å². The Bertz CT molecular complexity index is 6850. The summed E-state index contributed by atoms with van der Waals surface area (Å²) in [4.78, 5) is 173. The average molecular weight is 1970 g/mol. The number of carbonyl (C=O) groups is 12. The minimum absolute atomic E-state index is 0.00461. The van der Waals surface area contributed by atoms with E-state index in [1.807, 2.05) is 174 Å². The van der Waals surface area contributed by atoms with Gasteiger partial charge >= 0.3 is 17.9 Å². The number of nitrogens with zero attached hydrogens (tertiary/aromatic N) is 7. The number of fused-ring (bicyclic) bond motifs is 16. The molecule has 10 aromatic rings. The van der Waals surface area contributed by atoms with Crippen LogP contribution >= 0.6 is 0 Å². The molecule has 8 heterocycles. The van der Waals surface area contributed by atoms with Gasteiger partial charge in [-0.25, -0.2) is 0 Å². The molecule has 0 spiro atoms. The molecule has 0 unspecified atom stereocenters. The normalized spacial score (nSPS) is 16.6. The van der Waals surface area contributed by atoms with Gasteiger partial charge in [0.25, 0.3) is 23.6 Å². The molecular formula is C113H117N11O21. The van der Waals surface area contributed by atoms with Crippen LogP contribution in [0.4, 0.5) is 51.2 Å². The molecule has 0 saturated heterocycles. The zero-order chi connectivity index (χ0) is 103. The van der Waals surface area contributed by atoms with Crippen LogP contribution in [-0.4, -0.2) is 159 Å². The van der Waals surface area contributed by atoms with Gasteiger partial charge in [-0.1, -0.05) is 86.6 Å². The van der Waals surface area contributed by atoms with Crippen LogP contribution < -0.4 is 69.7 Å². The summed E-state index contributed by atoms with van der Waals surface area (Å²) in [5.41, 5.74) is 24.9. The van der Waals surface area contributed by atoms with Crippen molar-refractivity contribution in [2.24, 2.45) is 26.8 Å². The SMILES string of the molecule is COC(=O)CCCCC(=O)N[C@@H](C)C(=O)C[C@@H](C)C(=O)Nc1cc(COc2cc3c(cc2C)C(=O)N2c4ccccc4C[C@H]2CC3)cc(COc2cc3c(cc2OC)C(=O)N2c4ccccc4C[C@H]2C=N3)c1.COC(=O)CCCCC(=O)N[C@@H](C)C(=O)C[C@@H](C)C(=O)O.COc1cc2c(cc1OCc1cc(N)cc(COc3cc4c(cc3C)C(=O)N3c5ccccc5C[C@H]3C=N4)c1)N=C[C@@H]1Cc3ccccc3N1C2=O. The van der Waals surface area contributed by atoms with Crippen LogP contribution in [0.15, 0.2) is 197 Å². The first-order chi connectivity index (χ1) is 69.9. The molecular weight excluding hydrogens is 1850 g/mol. The van der Waals surface area contributed by atoms with Gasteiger partial charge in [0.05, 0.1) is 98.3 Å². The molecule has 7 amide bonds. The number of carboxylic acids is 1. The van der Waals surface area contributed by atoms with Gasteiger partial charge in [-0.3, -0.25) is 87.2 Å². The van der Waals surface area contributed by atoms with Crippen LogP contribution in [0.5, 0.6) is 34.5 Å². The lowest BCUT2D eigenvalue weighted by Crippen LogP contribution is -2.39. The maximum absolute atomic E-state index is 14.1. The molecule has 6 N–H and O–H groups in total. The number of benzene rings is 10. The Morgan fingerprint density at radius 3 is 1.19 bits per heavy atom. The number of hydrogen-bond donors (Lipinski definition) is 5. The number of methoxy groups -OCH3 is 4. The zero-order valence-corrected chi connectivity index (χ0v) is 82.6. The molecule has 8 aliphatic rings. The van der Waals surface area contributed by atoms with Crippen LogP contribution in [0.1, 0.15) is 201 Å². The van der Waals surface area contributed by atoms with Crippen molar-refractivity contribution in [3.05, 3.63) is 265 Å². The molecule has 0 saturated carbocycles. The summed E-state index contributed by atoms with van der Waals surface area (Å²) < 4.78 is 46.1. The van der Waals surface area contributed by atoms with Crippen molar-refractivity contribution in [1.82, 2.24) is 10.6 Å². The number of aryl methyl sites for hydroxylation is 3. The molecule has 32 heteroatoms. The van der Waals surface area contributed by atoms with Gasteiger partial charge in [-0.2, -0.15) is 0 Å². The van der Waals surface area contributed by atoms with E-state index in [1.54, 1.807) is 68.5 Å². The number of hydrogen-bond acceptors (Lipinski definition) is 24. The Balaban J connectivity index is 0.000000179. The number of nitrogen functional groups attached to an aromatic ring is 1. The van der Waals surface area contributed by atoms with Crippen LogP contribution in [0.3, 0.4) is 0 Å². The highest BCUT2D eigenvalue weighted by molar-refractivity contribution is 6.17. The van der Waals surface area contributed by atoms with Crippen LogP contribution in [-0.2, 0) is 106 Å². The number of para-hydroxylation sites is 4. The fraction of sp³-hybridized carbons (Fsp3) is 0.336. The summed E-state index contributed by atoms with van der Waals surface area (Å²) in [6.45, 7) is 10.7. The molecule has 0 aliphatic carbocycles. The van der Waals surface area contributed by atoms with Crippen LogP contribution in [0.25, 0.3) is 0 Å². The molecule has 32 nitrogen and oxygen atoms in total. The van der Waals surface area contributed by atoms with E-state index in [9.17, 15) is 57.5 Å². The number of carboxylic acid groups (broad SMARTS) is 1. The fourth-order valence-corrected chi connectivity index (χ4v) is 19.4. The Kier molecular flexibility index (Phi) is 31.9. The van der Waals surface area contributed by atoms with Crippen molar-refractivity contribution in [3.63, 3.8) is 0 Å². The van der Waals surface area contributed by atoms with Gasteiger partial charge in [-0.05, 0) is 225 Å². The van der Waals surface area contributed by atoms with Crippen LogP contribution in [0, 0.1) is 25.7 Å². The first-order valence-electron chi connectivity index (χ1n) is 48.7. The lowest BCUT2D eigenvalue weighted by molar-refractivity contribution is -0.143. The molecule has 750 valence electrons. The summed E-state index contributed by atoms with van der Waals surface area (Å²) in [5.74, 6) is -2.31. The number of aliphatic imine (C=N–C) groups is 3. The standard InChI is InChI=1S/C57H59N5O10.C42H35N5O5.C14H23NO6/c1-33-20-44-38(18-19-42-25-39-12-6-8-14-47(39)61(42)56(44)67)27-50(33)71-31-36-22-37(24-41(23-36)60-55(66)34(2)21-49(63)35(3)59-53(64)16-10-11-17-54(65)70-5)32-72-52-29-46-45(28-51(52)69-4)57(68)62-43(30-58-46)26-40-13-7-9-15-48(40)62;1-24-11-32-34(44-20-30-15-27-7-3-5-9-36(27)46(30)41(32)48)18-38(24)51-22-25-12-26(14-29(43)13-25)23-52-40-19-35-33(17-39(40)50-2)42(49)47-31(21-45-35)16-28-8-4-6-10-37(28)47;1-9(14(19)20)8-11(16)10(2)15-12(17)6-4-5-7-13(18)21-3/h6-9,12-15,20,22-24,27-30,34-35,42-43H,10-11,16-19,21,25-26,31-32H2,1-5H3,(H,59,64)(H,60,66);3-14,17-21,30-31H,15-16,22-23,43H2,1-2H3;9-10H,4-8H2,1-3H3,(H,15,17)(H,19,20)/t34-,35+,42-,43+;30-,31-;9-,10+/m101/s1. The number of anilines is 6. The molecule has 0 radical (unpaired) electrons. The lowest BCUT2D eigenvalue weighted by Gasteiger charge is -2.23. The van der Waals surface area contributed by atoms with E-state index < -0.39 is 35.8 Å². The second-order valence-electron chi connectivity index (χ2n) is 37.6. The highest BCUT2D eigenvalue weighted by atomic mass is 16.5. The maximum Gasteiger partial charge on any atom is 0.306 e. The highest BCUT2D eigenvalue weighted by Gasteiger charge is 2.42. The van der Waals surface area contributed by atoms with Gasteiger partial charge in [-0.15, -0.1) is 0 Å². The Morgan fingerprint density at radius 1 is 0.407 bits per heavy atom. The first-order valence-corrected chi connectivity index (χ1v) is 48.7. The van der Waals surface area contributed by atoms with E-state index in [4.69, 9.17) is 54.2 Å². The Morgan fingerprint density at radius 2 is 0.766 bits per heavy atom. The minimum atomic E-state index is -1.04.